The van der Waals surface area contributed by atoms with Gasteiger partial charge in [0.05, 0.1) is 41.0 Å². The van der Waals surface area contributed by atoms with Crippen molar-refractivity contribution in [1.82, 2.24) is 9.97 Å². The number of hydrogen-bond donors (Lipinski definition) is 2. The van der Waals surface area contributed by atoms with Crippen LogP contribution in [0.2, 0.25) is 0 Å². The number of aromatic nitrogens is 2. The smallest absolute Gasteiger partial charge is 0.257 e. The number of carbonyl (C=O) groups is 1. The molecule has 1 amide bonds. The zero-order chi connectivity index (χ0) is 24.5. The molecular weight excluding hydrogens is 445 g/mol. The Hall–Kier alpha value is -3.10. The maximum absolute atomic E-state index is 14.8. The van der Waals surface area contributed by atoms with E-state index in [2.05, 4.69) is 27.1 Å². The molecule has 0 unspecified atom stereocenters. The highest BCUT2D eigenvalue weighted by Gasteiger charge is 2.29. The molecule has 3 N–H and O–H groups in total. The number of anilines is 2. The fraction of sp³-hybridized carbons (Fsp3) is 0.444. The van der Waals surface area contributed by atoms with E-state index in [4.69, 9.17) is 10.5 Å². The summed E-state index contributed by atoms with van der Waals surface area (Å²) in [7, 11) is 0. The molecule has 0 radical (unpaired) electrons. The van der Waals surface area contributed by atoms with Gasteiger partial charge < -0.3 is 20.7 Å². The number of pyridine rings is 2. The molecule has 3 aromatic rings. The van der Waals surface area contributed by atoms with Crippen molar-refractivity contribution in [1.29, 1.82) is 0 Å². The lowest BCUT2D eigenvalue weighted by molar-refractivity contribution is 0.0430. The predicted octanol–water partition coefficient (Wildman–Crippen LogP) is 4.48. The van der Waals surface area contributed by atoms with Crippen LogP contribution in [0.5, 0.6) is 0 Å². The first kappa shape index (κ1) is 23.6. The van der Waals surface area contributed by atoms with Crippen LogP contribution in [0, 0.1) is 11.7 Å². The molecule has 1 aliphatic carbocycles. The molecule has 3 heterocycles. The monoisotopic (exact) mass is 477 g/mol. The van der Waals surface area contributed by atoms with Gasteiger partial charge in [-0.25, -0.2) is 4.39 Å². The van der Waals surface area contributed by atoms with Gasteiger partial charge in [0, 0.05) is 37.3 Å². The van der Waals surface area contributed by atoms with Gasteiger partial charge in [0.25, 0.3) is 5.91 Å². The number of amides is 1. The molecule has 8 heteroatoms. The second-order valence-corrected chi connectivity index (χ2v) is 9.85. The third kappa shape index (κ3) is 4.86. The summed E-state index contributed by atoms with van der Waals surface area (Å²) in [6.45, 7) is 6.35. The van der Waals surface area contributed by atoms with E-state index in [1.807, 2.05) is 13.0 Å². The third-order valence-corrected chi connectivity index (χ3v) is 7.16. The molecule has 2 aliphatic rings. The lowest BCUT2D eigenvalue weighted by Crippen LogP contribution is -2.52. The van der Waals surface area contributed by atoms with Crippen molar-refractivity contribution in [2.24, 2.45) is 11.7 Å². The Balaban J connectivity index is 1.40. The Morgan fingerprint density at radius 1 is 1.23 bits per heavy atom. The zero-order valence-electron chi connectivity index (χ0n) is 20.2. The maximum Gasteiger partial charge on any atom is 0.257 e. The number of carbonyl (C=O) groups excluding carboxylic acids is 1. The van der Waals surface area contributed by atoms with Crippen molar-refractivity contribution in [2.45, 2.75) is 51.2 Å². The average molecular weight is 478 g/mol. The van der Waals surface area contributed by atoms with Gasteiger partial charge >= 0.3 is 0 Å². The summed E-state index contributed by atoms with van der Waals surface area (Å²) in [5.74, 6) is 0.0444. The molecule has 1 saturated carbocycles. The predicted molar refractivity (Wildman–Crippen MR) is 135 cm³/mol. The van der Waals surface area contributed by atoms with Crippen LogP contribution in [0.25, 0.3) is 10.9 Å². The molecule has 1 saturated heterocycles. The van der Waals surface area contributed by atoms with E-state index in [-0.39, 0.29) is 24.0 Å². The second-order valence-electron chi connectivity index (χ2n) is 9.85. The van der Waals surface area contributed by atoms with Gasteiger partial charge in [-0.05, 0) is 67.9 Å². The summed E-state index contributed by atoms with van der Waals surface area (Å²) in [5.41, 5.74) is 9.48. The number of nitrogens with zero attached hydrogens (tertiary/aromatic N) is 3. The lowest BCUT2D eigenvalue weighted by Gasteiger charge is -2.40. The van der Waals surface area contributed by atoms with Crippen molar-refractivity contribution < 1.29 is 13.9 Å². The number of nitrogens with one attached hydrogen (secondary N) is 1. The standard InChI is InChI=1S/C27H32FN5O2/c1-3-35-20-14-33(15-20)19-11-23-24(28)5-4-22(26(23)31-12-19)27(34)32-25-13-30-7-6-21(25)17-8-16(2)9-18(29)10-17/h4-7,11-13,16-18,20H,3,8-10,14-15,29H2,1-2H3,(H,32,34)/t16-,17+,18-/m0/s1. The summed E-state index contributed by atoms with van der Waals surface area (Å²) in [4.78, 5) is 24.2. The Morgan fingerprint density at radius 3 is 2.83 bits per heavy atom. The summed E-state index contributed by atoms with van der Waals surface area (Å²) < 4.78 is 20.4. The van der Waals surface area contributed by atoms with Gasteiger partial charge in [-0.3, -0.25) is 14.8 Å². The number of benzene rings is 1. The topological polar surface area (TPSA) is 93.4 Å². The van der Waals surface area contributed by atoms with Crippen molar-refractivity contribution >= 4 is 28.2 Å². The molecule has 3 atom stereocenters. The van der Waals surface area contributed by atoms with Crippen LogP contribution in [0.1, 0.15) is 54.9 Å². The first-order valence-electron chi connectivity index (χ1n) is 12.4. The summed E-state index contributed by atoms with van der Waals surface area (Å²) >= 11 is 0. The molecule has 0 bridgehead atoms. The van der Waals surface area contributed by atoms with Crippen molar-refractivity contribution in [3.05, 3.63) is 59.8 Å². The molecule has 2 aromatic heterocycles. The number of ether oxygens (including phenoxy) is 1. The van der Waals surface area contributed by atoms with E-state index in [9.17, 15) is 9.18 Å². The molecule has 1 aromatic carbocycles. The number of halogens is 1. The van der Waals surface area contributed by atoms with Gasteiger partial charge in [0.2, 0.25) is 0 Å². The van der Waals surface area contributed by atoms with Crippen molar-refractivity contribution in [2.75, 3.05) is 29.9 Å². The second kappa shape index (κ2) is 9.87. The Kier molecular flexibility index (Phi) is 6.67. The highest BCUT2D eigenvalue weighted by atomic mass is 19.1. The molecule has 184 valence electrons. The summed E-state index contributed by atoms with van der Waals surface area (Å²) in [5, 5.41) is 3.34. The van der Waals surface area contributed by atoms with E-state index in [0.717, 1.165) is 43.6 Å². The Morgan fingerprint density at radius 2 is 2.06 bits per heavy atom. The van der Waals surface area contributed by atoms with E-state index in [1.165, 1.54) is 12.1 Å². The van der Waals surface area contributed by atoms with E-state index >= 15 is 0 Å². The minimum atomic E-state index is -0.403. The molecule has 7 nitrogen and oxygen atoms in total. The molecule has 1 aliphatic heterocycles. The Bertz CT molecular complexity index is 1220. The van der Waals surface area contributed by atoms with Crippen LogP contribution < -0.4 is 16.0 Å². The van der Waals surface area contributed by atoms with E-state index < -0.39 is 5.82 Å². The minimum absolute atomic E-state index is 0.148. The average Bonchev–Trinajstić information content (AvgIpc) is 2.81. The molecular formula is C27H32FN5O2. The van der Waals surface area contributed by atoms with Crippen LogP contribution in [-0.4, -0.2) is 47.7 Å². The lowest BCUT2D eigenvalue weighted by atomic mass is 9.76. The number of nitrogens with two attached hydrogens (primary N) is 1. The van der Waals surface area contributed by atoms with Crippen molar-refractivity contribution in [3.8, 4) is 0 Å². The first-order chi connectivity index (χ1) is 16.9. The Labute approximate surface area is 204 Å². The van der Waals surface area contributed by atoms with Crippen LogP contribution in [0.4, 0.5) is 15.8 Å². The fourth-order valence-electron chi connectivity index (χ4n) is 5.49. The highest BCUT2D eigenvalue weighted by molar-refractivity contribution is 6.12. The van der Waals surface area contributed by atoms with Crippen LogP contribution in [0.15, 0.2) is 42.9 Å². The quantitative estimate of drug-likeness (QED) is 0.544. The van der Waals surface area contributed by atoms with Gasteiger partial charge in [-0.15, -0.1) is 0 Å². The summed E-state index contributed by atoms with van der Waals surface area (Å²) in [6.07, 6.45) is 8.22. The fourth-order valence-corrected chi connectivity index (χ4v) is 5.49. The van der Waals surface area contributed by atoms with Crippen LogP contribution in [0.3, 0.4) is 0 Å². The van der Waals surface area contributed by atoms with Gasteiger partial charge in [-0.1, -0.05) is 6.92 Å². The largest absolute Gasteiger partial charge is 0.375 e. The minimum Gasteiger partial charge on any atom is -0.375 e. The van der Waals surface area contributed by atoms with E-state index in [0.29, 0.717) is 34.7 Å². The van der Waals surface area contributed by atoms with Crippen LogP contribution >= 0.6 is 0 Å². The number of rotatable bonds is 6. The van der Waals surface area contributed by atoms with Gasteiger partial charge in [-0.2, -0.15) is 0 Å². The molecule has 5 rings (SSSR count). The SMILES string of the molecule is CCOC1CN(c2cnc3c(C(=O)Nc4cnccc4[C@@H]4C[C@H](C)C[C@H](N)C4)ccc(F)c3c2)C1. The normalized spacial score (nSPS) is 22.7. The molecule has 0 spiro atoms. The maximum atomic E-state index is 14.8. The van der Waals surface area contributed by atoms with Gasteiger partial charge in [0.1, 0.15) is 5.82 Å². The third-order valence-electron chi connectivity index (χ3n) is 7.16. The number of hydrogen-bond acceptors (Lipinski definition) is 6. The highest BCUT2D eigenvalue weighted by Crippen LogP contribution is 2.38. The zero-order valence-corrected chi connectivity index (χ0v) is 20.2. The molecule has 35 heavy (non-hydrogen) atoms. The molecule has 2 fully saturated rings. The summed E-state index contributed by atoms with van der Waals surface area (Å²) in [6, 6.07) is 6.68. The van der Waals surface area contributed by atoms with Crippen LogP contribution in [-0.2, 0) is 4.74 Å². The first-order valence-corrected chi connectivity index (χ1v) is 12.4. The number of fused-ring (bicyclic) bond motifs is 1. The van der Waals surface area contributed by atoms with E-state index in [1.54, 1.807) is 24.7 Å². The van der Waals surface area contributed by atoms with Crippen molar-refractivity contribution in [3.63, 3.8) is 0 Å². The van der Waals surface area contributed by atoms with Gasteiger partial charge in [0.15, 0.2) is 0 Å².